The average molecular weight is 365 g/mol. The van der Waals surface area contributed by atoms with E-state index in [4.69, 9.17) is 5.70 Å². The van der Waals surface area contributed by atoms with E-state index in [2.05, 4.69) is 10.2 Å². The van der Waals surface area contributed by atoms with Crippen molar-refractivity contribution in [3.63, 3.8) is 0 Å². The molecule has 3 rings (SSSR count). The van der Waals surface area contributed by atoms with Gasteiger partial charge in [0.15, 0.2) is 0 Å². The van der Waals surface area contributed by atoms with Crippen molar-refractivity contribution < 1.29 is 26.1 Å². The molecule has 0 saturated heterocycles. The maximum absolute atomic E-state index is 9.83. The summed E-state index contributed by atoms with van der Waals surface area (Å²) in [5.74, 6) is 0.213. The Labute approximate surface area is 119 Å². The van der Waals surface area contributed by atoms with E-state index in [1.54, 1.807) is 23.5 Å². The molecule has 0 aliphatic rings. The molecule has 18 heavy (non-hydrogen) atoms. The number of phenols is 1. The zero-order valence-corrected chi connectivity index (χ0v) is 12.1. The van der Waals surface area contributed by atoms with Crippen molar-refractivity contribution in [1.82, 2.24) is 10.2 Å². The fourth-order valence-electron chi connectivity index (χ4n) is 1.72. The first-order valence-corrected chi connectivity index (χ1v) is 8.37. The van der Waals surface area contributed by atoms with Crippen LogP contribution in [0.25, 0.3) is 21.5 Å². The molecule has 0 fully saturated rings. The fourth-order valence-corrected chi connectivity index (χ4v) is 4.24. The van der Waals surface area contributed by atoms with E-state index in [-0.39, 0.29) is 5.75 Å². The number of benzene rings is 1. The van der Waals surface area contributed by atoms with Gasteiger partial charge in [-0.3, -0.25) is 0 Å². The van der Waals surface area contributed by atoms with Crippen molar-refractivity contribution >= 4 is 27.3 Å². The van der Waals surface area contributed by atoms with Crippen LogP contribution < -0.4 is 21.0 Å². The molecular formula is C12H7BIN2OS-. The van der Waals surface area contributed by atoms with Gasteiger partial charge in [-0.2, -0.15) is 0 Å². The predicted molar refractivity (Wildman–Crippen MR) is 69.0 cm³/mol. The van der Waals surface area contributed by atoms with Gasteiger partial charge >= 0.3 is 120 Å². The van der Waals surface area contributed by atoms with Gasteiger partial charge in [0, 0.05) is 0 Å². The molecule has 6 heteroatoms. The molecule has 0 bridgehead atoms. The van der Waals surface area contributed by atoms with Crippen LogP contribution in [0.5, 0.6) is 5.75 Å². The van der Waals surface area contributed by atoms with Gasteiger partial charge in [0.2, 0.25) is 0 Å². The Balaban J connectivity index is 2.21. The molecule has 0 amide bonds. The van der Waals surface area contributed by atoms with Gasteiger partial charge in [-0.25, -0.2) is 0 Å². The van der Waals surface area contributed by atoms with Crippen molar-refractivity contribution in [2.75, 3.05) is 0 Å². The van der Waals surface area contributed by atoms with Crippen LogP contribution in [0.1, 0.15) is 0 Å². The summed E-state index contributed by atoms with van der Waals surface area (Å²) in [6.45, 7) is 0. The molecule has 0 unspecified atom stereocenters. The summed E-state index contributed by atoms with van der Waals surface area (Å²) >= 11 is 1.09. The van der Waals surface area contributed by atoms with Gasteiger partial charge < -0.3 is 0 Å². The van der Waals surface area contributed by atoms with Crippen LogP contribution in [0.15, 0.2) is 35.7 Å². The molecule has 0 atom stereocenters. The Kier molecular flexibility index (Phi) is 3.21. The molecule has 0 saturated carbocycles. The average Bonchev–Trinajstić information content (AvgIpc) is 2.81. The minimum atomic E-state index is -0.466. The molecular weight excluding hydrogens is 358 g/mol. The van der Waals surface area contributed by atoms with Crippen LogP contribution in [0.4, 0.5) is 0 Å². The summed E-state index contributed by atoms with van der Waals surface area (Å²) < 4.78 is 1.17. The van der Waals surface area contributed by atoms with Gasteiger partial charge in [0.05, 0.1) is 0 Å². The van der Waals surface area contributed by atoms with Gasteiger partial charge in [0.25, 0.3) is 0 Å². The van der Waals surface area contributed by atoms with Crippen LogP contribution in [0, 0.1) is 3.57 Å². The van der Waals surface area contributed by atoms with E-state index in [0.29, 0.717) is 11.3 Å². The monoisotopic (exact) mass is 365 g/mol. The van der Waals surface area contributed by atoms with Crippen LogP contribution >= 0.6 is 11.3 Å². The topological polar surface area (TPSA) is 46.0 Å². The first kappa shape index (κ1) is 11.9. The Morgan fingerprint density at radius 2 is 2.06 bits per heavy atom. The van der Waals surface area contributed by atoms with Gasteiger partial charge in [-0.1, -0.05) is 0 Å². The summed E-state index contributed by atoms with van der Waals surface area (Å²) in [4.78, 5) is 0.898. The summed E-state index contributed by atoms with van der Waals surface area (Å²) in [6, 6.07) is 9.08. The molecule has 2 aromatic heterocycles. The number of thiophene rings is 1. The van der Waals surface area contributed by atoms with E-state index >= 15 is 0 Å². The normalized spacial score (nSPS) is 11.1. The number of nitrogens with zero attached hydrogens (tertiary/aromatic N) is 2. The number of aromatic nitrogens is 2. The third-order valence-electron chi connectivity index (χ3n) is 2.59. The molecule has 0 spiro atoms. The van der Waals surface area contributed by atoms with Crippen molar-refractivity contribution in [1.29, 1.82) is 0 Å². The minimum absolute atomic E-state index is 0.213. The second-order valence-corrected chi connectivity index (χ2v) is 6.30. The third kappa shape index (κ3) is 1.99. The third-order valence-corrected chi connectivity index (χ3v) is 5.45. The number of halogens is 1. The molecule has 2 heterocycles. The molecule has 3 nitrogen and oxygen atoms in total. The van der Waals surface area contributed by atoms with Crippen LogP contribution in [-0.4, -0.2) is 21.0 Å². The van der Waals surface area contributed by atoms with Gasteiger partial charge in [-0.05, 0) is 0 Å². The van der Waals surface area contributed by atoms with Crippen LogP contribution in [0.3, 0.4) is 0 Å². The van der Waals surface area contributed by atoms with E-state index in [1.807, 2.05) is 23.6 Å². The van der Waals surface area contributed by atoms with Crippen LogP contribution in [0.2, 0.25) is 0 Å². The predicted octanol–water partition coefficient (Wildman–Crippen LogP) is -0.594. The number of para-hydroxylation sites is 1. The Hall–Kier alpha value is -1.15. The molecule has 1 N–H and O–H groups in total. The number of aromatic hydroxyl groups is 1. The van der Waals surface area contributed by atoms with E-state index in [1.165, 1.54) is 3.57 Å². The van der Waals surface area contributed by atoms with Crippen molar-refractivity contribution in [2.45, 2.75) is 0 Å². The molecule has 0 aliphatic heterocycles. The summed E-state index contributed by atoms with van der Waals surface area (Å²) in [5, 5.41) is 21.3. The second kappa shape index (κ2) is 4.85. The molecule has 88 valence electrons. The van der Waals surface area contributed by atoms with Gasteiger partial charge in [0.1, 0.15) is 0 Å². The first-order valence-electron chi connectivity index (χ1n) is 5.16. The van der Waals surface area contributed by atoms with Crippen LogP contribution in [-0.2, 0) is 0 Å². The van der Waals surface area contributed by atoms with Crippen molar-refractivity contribution in [3.05, 3.63) is 39.3 Å². The number of hydrogen-bond acceptors (Lipinski definition) is 4. The fraction of sp³-hybridized carbons (Fsp3) is 0. The van der Waals surface area contributed by atoms with E-state index < -0.39 is 21.0 Å². The summed E-state index contributed by atoms with van der Waals surface area (Å²) in [6.07, 6.45) is 0. The first-order chi connectivity index (χ1) is 8.79. The number of hydrogen-bond donors (Lipinski definition) is 1. The second-order valence-electron chi connectivity index (χ2n) is 3.66. The summed E-state index contributed by atoms with van der Waals surface area (Å²) in [7, 11) is 0. The standard InChI is InChI=1S/C12H7BIN2OS/c13-14-9-6-18-12-8(9)5-10(15-16-12)7-3-1-2-4-11(7)17/h1-6,17H/q-1. The Morgan fingerprint density at radius 1 is 1.22 bits per heavy atom. The number of fused-ring (bicyclic) bond motifs is 1. The molecule has 2 radical (unpaired) electrons. The zero-order valence-electron chi connectivity index (χ0n) is 9.17. The Morgan fingerprint density at radius 3 is 2.83 bits per heavy atom. The van der Waals surface area contributed by atoms with Gasteiger partial charge in [-0.15, -0.1) is 0 Å². The van der Waals surface area contributed by atoms with Crippen molar-refractivity contribution in [2.24, 2.45) is 0 Å². The maximum atomic E-state index is 9.83. The van der Waals surface area contributed by atoms with E-state index in [0.717, 1.165) is 10.2 Å². The van der Waals surface area contributed by atoms with Crippen molar-refractivity contribution in [3.8, 4) is 17.0 Å². The number of phenolic OH excluding ortho intramolecular Hbond substituents is 1. The quantitative estimate of drug-likeness (QED) is 0.488. The zero-order chi connectivity index (χ0) is 12.5. The Bertz CT molecular complexity index is 716. The molecule has 0 aliphatic carbocycles. The summed E-state index contributed by atoms with van der Waals surface area (Å²) in [5.41, 5.74) is 7.17. The van der Waals surface area contributed by atoms with E-state index in [9.17, 15) is 5.11 Å². The molecule has 1 aromatic carbocycles. The number of rotatable bonds is 2. The molecule has 3 aromatic rings. The SMILES string of the molecule is [B][I-]c1csc2nnc(-c3ccccc3O)cc12.